The number of nitrogens with one attached hydrogen (secondary N) is 1. The first-order valence-electron chi connectivity index (χ1n) is 6.43. The van der Waals surface area contributed by atoms with Gasteiger partial charge >= 0.3 is 0 Å². The van der Waals surface area contributed by atoms with Gasteiger partial charge in [-0.3, -0.25) is 4.79 Å². The molecule has 2 rings (SSSR count). The second-order valence-electron chi connectivity index (χ2n) is 4.69. The van der Waals surface area contributed by atoms with Crippen molar-refractivity contribution in [3.05, 3.63) is 18.2 Å². The van der Waals surface area contributed by atoms with Crippen molar-refractivity contribution in [1.29, 1.82) is 0 Å². The van der Waals surface area contributed by atoms with E-state index in [1.807, 2.05) is 6.92 Å². The van der Waals surface area contributed by atoms with Crippen LogP contribution in [-0.2, 0) is 14.8 Å². The van der Waals surface area contributed by atoms with Gasteiger partial charge in [0.25, 0.3) is 0 Å². The van der Waals surface area contributed by atoms with E-state index < -0.39 is 10.0 Å². The van der Waals surface area contributed by atoms with Gasteiger partial charge in [-0.15, -0.1) is 0 Å². The number of rotatable bonds is 3. The Morgan fingerprint density at radius 3 is 2.80 bits per heavy atom. The Labute approximate surface area is 118 Å². The molecule has 1 aliphatic heterocycles. The van der Waals surface area contributed by atoms with E-state index in [1.54, 1.807) is 13.0 Å². The molecule has 0 saturated carbocycles. The Hall–Kier alpha value is -1.60. The molecule has 20 heavy (non-hydrogen) atoms. The zero-order valence-corrected chi connectivity index (χ0v) is 12.5. The topological polar surface area (TPSA) is 75.7 Å². The zero-order chi connectivity index (χ0) is 14.9. The van der Waals surface area contributed by atoms with Gasteiger partial charge in [0.1, 0.15) is 11.9 Å². The fraction of sp³-hybridized carbons (Fsp3) is 0.462. The molecule has 0 saturated heterocycles. The SMILES string of the molecule is CCNS(=O)(=O)c1ccc2c(c1)N(C(C)=O)CC(C)O2. The van der Waals surface area contributed by atoms with Gasteiger partial charge in [-0.1, -0.05) is 6.92 Å². The van der Waals surface area contributed by atoms with Gasteiger partial charge in [-0.2, -0.15) is 0 Å². The highest BCUT2D eigenvalue weighted by atomic mass is 32.2. The minimum Gasteiger partial charge on any atom is -0.487 e. The lowest BCUT2D eigenvalue weighted by Gasteiger charge is -2.33. The van der Waals surface area contributed by atoms with E-state index in [2.05, 4.69) is 4.72 Å². The Morgan fingerprint density at radius 1 is 1.50 bits per heavy atom. The Bertz CT molecular complexity index is 627. The van der Waals surface area contributed by atoms with Crippen LogP contribution >= 0.6 is 0 Å². The minimum atomic E-state index is -3.55. The second-order valence-corrected chi connectivity index (χ2v) is 6.46. The van der Waals surface area contributed by atoms with Gasteiger partial charge in [0.05, 0.1) is 17.1 Å². The molecule has 1 amide bonds. The average Bonchev–Trinajstić information content (AvgIpc) is 2.36. The van der Waals surface area contributed by atoms with Crippen molar-refractivity contribution in [2.24, 2.45) is 0 Å². The summed E-state index contributed by atoms with van der Waals surface area (Å²) in [6, 6.07) is 4.54. The summed E-state index contributed by atoms with van der Waals surface area (Å²) < 4.78 is 32.1. The molecule has 7 heteroatoms. The number of hydrogen-bond acceptors (Lipinski definition) is 4. The lowest BCUT2D eigenvalue weighted by atomic mass is 10.2. The van der Waals surface area contributed by atoms with Crippen molar-refractivity contribution in [3.63, 3.8) is 0 Å². The van der Waals surface area contributed by atoms with Gasteiger partial charge in [-0.25, -0.2) is 13.1 Å². The van der Waals surface area contributed by atoms with Gasteiger partial charge in [0, 0.05) is 13.5 Å². The molecule has 1 aliphatic rings. The van der Waals surface area contributed by atoms with Crippen molar-refractivity contribution >= 4 is 21.6 Å². The third-order valence-electron chi connectivity index (χ3n) is 3.01. The average molecular weight is 298 g/mol. The molecule has 0 bridgehead atoms. The third kappa shape index (κ3) is 2.78. The van der Waals surface area contributed by atoms with Crippen LogP contribution in [-0.4, -0.2) is 33.5 Å². The monoisotopic (exact) mass is 298 g/mol. The van der Waals surface area contributed by atoms with Gasteiger partial charge < -0.3 is 9.64 Å². The number of amides is 1. The number of hydrogen-bond donors (Lipinski definition) is 1. The molecule has 6 nitrogen and oxygen atoms in total. The van der Waals surface area contributed by atoms with Gasteiger partial charge in [0.15, 0.2) is 0 Å². The summed E-state index contributed by atoms with van der Waals surface area (Å²) >= 11 is 0. The lowest BCUT2D eigenvalue weighted by molar-refractivity contribution is -0.117. The number of carbonyl (C=O) groups excluding carboxylic acids is 1. The molecule has 1 N–H and O–H groups in total. The number of fused-ring (bicyclic) bond motifs is 1. The summed E-state index contributed by atoms with van der Waals surface area (Å²) in [5, 5.41) is 0. The van der Waals surface area contributed by atoms with Crippen molar-refractivity contribution in [1.82, 2.24) is 4.72 Å². The number of benzene rings is 1. The van der Waals surface area contributed by atoms with E-state index in [0.717, 1.165) is 0 Å². The van der Waals surface area contributed by atoms with Crippen LogP contribution in [0.5, 0.6) is 5.75 Å². The van der Waals surface area contributed by atoms with Crippen LogP contribution < -0.4 is 14.4 Å². The molecular formula is C13H18N2O4S. The van der Waals surface area contributed by atoms with Crippen molar-refractivity contribution in [3.8, 4) is 5.75 Å². The summed E-state index contributed by atoms with van der Waals surface area (Å²) in [5.74, 6) is 0.383. The van der Waals surface area contributed by atoms with Crippen molar-refractivity contribution in [2.45, 2.75) is 31.8 Å². The fourth-order valence-electron chi connectivity index (χ4n) is 2.16. The highest BCUT2D eigenvalue weighted by Gasteiger charge is 2.27. The summed E-state index contributed by atoms with van der Waals surface area (Å²) in [4.78, 5) is 13.4. The number of sulfonamides is 1. The smallest absolute Gasteiger partial charge is 0.240 e. The molecule has 0 fully saturated rings. The third-order valence-corrected chi connectivity index (χ3v) is 4.56. The minimum absolute atomic E-state index is 0.123. The van der Waals surface area contributed by atoms with Crippen LogP contribution in [0.1, 0.15) is 20.8 Å². The molecule has 1 aromatic carbocycles. The predicted molar refractivity (Wildman–Crippen MR) is 75.4 cm³/mol. The molecule has 110 valence electrons. The Kier molecular flexibility index (Phi) is 4.01. The number of carbonyl (C=O) groups is 1. The van der Waals surface area contributed by atoms with E-state index in [1.165, 1.54) is 24.0 Å². The van der Waals surface area contributed by atoms with E-state index in [9.17, 15) is 13.2 Å². The summed E-state index contributed by atoms with van der Waals surface area (Å²) in [6.45, 7) is 5.74. The maximum absolute atomic E-state index is 12.0. The molecule has 0 aromatic heterocycles. The van der Waals surface area contributed by atoms with Crippen molar-refractivity contribution in [2.75, 3.05) is 18.0 Å². The van der Waals surface area contributed by atoms with Crippen LogP contribution in [0.25, 0.3) is 0 Å². The lowest BCUT2D eigenvalue weighted by Crippen LogP contribution is -2.41. The quantitative estimate of drug-likeness (QED) is 0.907. The molecule has 1 heterocycles. The molecular weight excluding hydrogens is 280 g/mol. The van der Waals surface area contributed by atoms with E-state index in [0.29, 0.717) is 24.5 Å². The van der Waals surface area contributed by atoms with Crippen molar-refractivity contribution < 1.29 is 17.9 Å². The first-order valence-corrected chi connectivity index (χ1v) is 7.92. The molecule has 0 spiro atoms. The van der Waals surface area contributed by atoms with Crippen LogP contribution in [0.4, 0.5) is 5.69 Å². The first-order chi connectivity index (χ1) is 9.35. The van der Waals surface area contributed by atoms with Crippen LogP contribution in [0.15, 0.2) is 23.1 Å². The van der Waals surface area contributed by atoms with Crippen LogP contribution in [0, 0.1) is 0 Å². The Morgan fingerprint density at radius 2 is 2.20 bits per heavy atom. The van der Waals surface area contributed by atoms with E-state index in [-0.39, 0.29) is 16.9 Å². The van der Waals surface area contributed by atoms with E-state index in [4.69, 9.17) is 4.74 Å². The highest BCUT2D eigenvalue weighted by Crippen LogP contribution is 2.35. The second kappa shape index (κ2) is 5.41. The maximum atomic E-state index is 12.0. The van der Waals surface area contributed by atoms with Gasteiger partial charge in [0.2, 0.25) is 15.9 Å². The molecule has 1 unspecified atom stereocenters. The maximum Gasteiger partial charge on any atom is 0.240 e. The summed E-state index contributed by atoms with van der Waals surface area (Å²) in [7, 11) is -3.55. The molecule has 1 atom stereocenters. The highest BCUT2D eigenvalue weighted by molar-refractivity contribution is 7.89. The Balaban J connectivity index is 2.49. The largest absolute Gasteiger partial charge is 0.487 e. The van der Waals surface area contributed by atoms with Crippen LogP contribution in [0.3, 0.4) is 0 Å². The zero-order valence-electron chi connectivity index (χ0n) is 11.7. The predicted octanol–water partition coefficient (Wildman–Crippen LogP) is 1.12. The normalized spacial score (nSPS) is 18.4. The number of ether oxygens (including phenoxy) is 1. The van der Waals surface area contributed by atoms with E-state index >= 15 is 0 Å². The first kappa shape index (κ1) is 14.8. The molecule has 1 aromatic rings. The van der Waals surface area contributed by atoms with Gasteiger partial charge in [-0.05, 0) is 25.1 Å². The summed E-state index contributed by atoms with van der Waals surface area (Å²) in [6.07, 6.45) is -0.123. The fourth-order valence-corrected chi connectivity index (χ4v) is 3.22. The number of nitrogens with zero attached hydrogens (tertiary/aromatic N) is 1. The standard InChI is InChI=1S/C13H18N2O4S/c1-4-14-20(17,18)11-5-6-13-12(7-11)15(10(3)16)8-9(2)19-13/h5-7,9,14H,4,8H2,1-3H3. The summed E-state index contributed by atoms with van der Waals surface area (Å²) in [5.41, 5.74) is 0.495. The molecule has 0 radical (unpaired) electrons. The number of anilines is 1. The van der Waals surface area contributed by atoms with Crippen LogP contribution in [0.2, 0.25) is 0 Å². The molecule has 0 aliphatic carbocycles.